The molecule has 88 valence electrons. The first kappa shape index (κ1) is 12.4. The summed E-state index contributed by atoms with van der Waals surface area (Å²) in [6, 6.07) is 0. The standard InChI is InChI=1S/C8H10N4O.C3H8/c1-9-2-5-3-10-7-6(5)11-4-12-8(7)13;1-3-2/h3-4,9-10H,2H2,1H3,(H,11,12,13);3H2,1-2H3. The van der Waals surface area contributed by atoms with Crippen LogP contribution < -0.4 is 10.9 Å². The lowest BCUT2D eigenvalue weighted by Crippen LogP contribution is -2.07. The quantitative estimate of drug-likeness (QED) is 0.718. The molecule has 0 aromatic carbocycles. The third kappa shape index (κ3) is 2.70. The van der Waals surface area contributed by atoms with Crippen LogP contribution in [0.3, 0.4) is 0 Å². The van der Waals surface area contributed by atoms with Gasteiger partial charge >= 0.3 is 0 Å². The molecule has 2 rings (SSSR count). The van der Waals surface area contributed by atoms with E-state index < -0.39 is 0 Å². The Labute approximate surface area is 94.3 Å². The molecular formula is C11H18N4O. The molecule has 0 radical (unpaired) electrons. The highest BCUT2D eigenvalue weighted by Crippen LogP contribution is 2.10. The van der Waals surface area contributed by atoms with Gasteiger partial charge in [0.05, 0.1) is 11.8 Å². The van der Waals surface area contributed by atoms with E-state index in [1.807, 2.05) is 7.05 Å². The lowest BCUT2D eigenvalue weighted by molar-refractivity contribution is 0.821. The van der Waals surface area contributed by atoms with Crippen LogP contribution in [0.1, 0.15) is 25.8 Å². The van der Waals surface area contributed by atoms with E-state index in [9.17, 15) is 4.79 Å². The van der Waals surface area contributed by atoms with Gasteiger partial charge in [0.15, 0.2) is 0 Å². The molecule has 16 heavy (non-hydrogen) atoms. The molecule has 0 fully saturated rings. The molecule has 0 saturated carbocycles. The van der Waals surface area contributed by atoms with Crippen LogP contribution in [-0.4, -0.2) is 22.0 Å². The van der Waals surface area contributed by atoms with Crippen molar-refractivity contribution in [3.05, 3.63) is 28.4 Å². The van der Waals surface area contributed by atoms with Crippen LogP contribution in [-0.2, 0) is 6.54 Å². The molecule has 0 aliphatic heterocycles. The Morgan fingerprint density at radius 3 is 2.69 bits per heavy atom. The summed E-state index contributed by atoms with van der Waals surface area (Å²) in [5.74, 6) is 0. The Balaban J connectivity index is 0.000000386. The van der Waals surface area contributed by atoms with E-state index in [1.54, 1.807) is 6.20 Å². The molecule has 2 aromatic heterocycles. The Hall–Kier alpha value is -1.62. The maximum atomic E-state index is 11.2. The van der Waals surface area contributed by atoms with E-state index in [0.717, 1.165) is 11.1 Å². The molecule has 5 nitrogen and oxygen atoms in total. The van der Waals surface area contributed by atoms with Crippen LogP contribution in [0.25, 0.3) is 11.0 Å². The van der Waals surface area contributed by atoms with Crippen LogP contribution in [0, 0.1) is 0 Å². The first-order chi connectivity index (χ1) is 7.74. The summed E-state index contributed by atoms with van der Waals surface area (Å²) in [4.78, 5) is 20.7. The molecular weight excluding hydrogens is 204 g/mol. The van der Waals surface area contributed by atoms with E-state index >= 15 is 0 Å². The normalized spacial score (nSPS) is 9.94. The maximum Gasteiger partial charge on any atom is 0.275 e. The van der Waals surface area contributed by atoms with Crippen molar-refractivity contribution >= 4 is 11.0 Å². The highest BCUT2D eigenvalue weighted by molar-refractivity contribution is 5.77. The first-order valence-electron chi connectivity index (χ1n) is 5.42. The fourth-order valence-electron chi connectivity index (χ4n) is 1.33. The lowest BCUT2D eigenvalue weighted by Gasteiger charge is -1.94. The Bertz CT molecular complexity index is 486. The van der Waals surface area contributed by atoms with Gasteiger partial charge in [-0.3, -0.25) is 4.79 Å². The minimum absolute atomic E-state index is 0.132. The van der Waals surface area contributed by atoms with Crippen molar-refractivity contribution in [2.45, 2.75) is 26.8 Å². The topological polar surface area (TPSA) is 73.6 Å². The van der Waals surface area contributed by atoms with Crippen molar-refractivity contribution in [2.75, 3.05) is 7.05 Å². The predicted molar refractivity (Wildman–Crippen MR) is 65.4 cm³/mol. The Morgan fingerprint density at radius 1 is 1.38 bits per heavy atom. The fraction of sp³-hybridized carbons (Fsp3) is 0.455. The van der Waals surface area contributed by atoms with E-state index in [0.29, 0.717) is 12.1 Å². The SMILES string of the molecule is CCC.CNCc1c[nH]c2c(=O)[nH]cnc12. The Kier molecular flexibility index (Phi) is 4.72. The van der Waals surface area contributed by atoms with E-state index in [-0.39, 0.29) is 5.56 Å². The molecule has 0 amide bonds. The number of rotatable bonds is 2. The van der Waals surface area contributed by atoms with Gasteiger partial charge in [0.2, 0.25) is 0 Å². The molecule has 0 aliphatic carbocycles. The molecule has 2 aromatic rings. The second-order valence-electron chi connectivity index (χ2n) is 3.51. The largest absolute Gasteiger partial charge is 0.355 e. The second-order valence-corrected chi connectivity index (χ2v) is 3.51. The van der Waals surface area contributed by atoms with Crippen molar-refractivity contribution in [3.63, 3.8) is 0 Å². The molecule has 0 saturated heterocycles. The number of aromatic nitrogens is 3. The highest BCUT2D eigenvalue weighted by atomic mass is 16.1. The van der Waals surface area contributed by atoms with Crippen molar-refractivity contribution < 1.29 is 0 Å². The Morgan fingerprint density at radius 2 is 2.06 bits per heavy atom. The number of aromatic amines is 2. The van der Waals surface area contributed by atoms with E-state index in [4.69, 9.17) is 0 Å². The predicted octanol–water partition coefficient (Wildman–Crippen LogP) is 1.39. The number of nitrogens with zero attached hydrogens (tertiary/aromatic N) is 1. The number of nitrogens with one attached hydrogen (secondary N) is 3. The molecule has 0 bridgehead atoms. The third-order valence-electron chi connectivity index (χ3n) is 1.92. The van der Waals surface area contributed by atoms with Crippen molar-refractivity contribution in [1.29, 1.82) is 0 Å². The monoisotopic (exact) mass is 222 g/mol. The third-order valence-corrected chi connectivity index (χ3v) is 1.92. The average molecular weight is 222 g/mol. The fourth-order valence-corrected chi connectivity index (χ4v) is 1.33. The second kappa shape index (κ2) is 6.07. The minimum Gasteiger partial charge on any atom is -0.355 e. The summed E-state index contributed by atoms with van der Waals surface area (Å²) in [7, 11) is 1.85. The van der Waals surface area contributed by atoms with Crippen LogP contribution in [0.15, 0.2) is 17.3 Å². The van der Waals surface area contributed by atoms with Gasteiger partial charge in [0.25, 0.3) is 5.56 Å². The van der Waals surface area contributed by atoms with Crippen molar-refractivity contribution in [3.8, 4) is 0 Å². The summed E-state index contributed by atoms with van der Waals surface area (Å²) in [6.45, 7) is 4.95. The molecule has 0 unspecified atom stereocenters. The summed E-state index contributed by atoms with van der Waals surface area (Å²) in [5.41, 5.74) is 2.14. The number of fused-ring (bicyclic) bond motifs is 1. The highest BCUT2D eigenvalue weighted by Gasteiger charge is 2.05. The van der Waals surface area contributed by atoms with Crippen LogP contribution >= 0.6 is 0 Å². The maximum absolute atomic E-state index is 11.2. The van der Waals surface area contributed by atoms with Gasteiger partial charge in [-0.1, -0.05) is 20.3 Å². The van der Waals surface area contributed by atoms with Crippen molar-refractivity contribution in [1.82, 2.24) is 20.3 Å². The summed E-state index contributed by atoms with van der Waals surface area (Å²) in [5, 5.41) is 3.01. The lowest BCUT2D eigenvalue weighted by atomic mass is 10.3. The van der Waals surface area contributed by atoms with Gasteiger partial charge in [-0.2, -0.15) is 0 Å². The zero-order valence-corrected chi connectivity index (χ0v) is 9.92. The van der Waals surface area contributed by atoms with Gasteiger partial charge in [-0.05, 0) is 7.05 Å². The number of hydrogen-bond acceptors (Lipinski definition) is 3. The van der Waals surface area contributed by atoms with Gasteiger partial charge in [-0.25, -0.2) is 4.98 Å². The average Bonchev–Trinajstić information content (AvgIpc) is 2.65. The van der Waals surface area contributed by atoms with Gasteiger partial charge < -0.3 is 15.3 Å². The number of H-pyrrole nitrogens is 2. The molecule has 0 aliphatic rings. The molecule has 2 heterocycles. The van der Waals surface area contributed by atoms with Crippen LogP contribution in [0.4, 0.5) is 0 Å². The van der Waals surface area contributed by atoms with E-state index in [2.05, 4.69) is 34.1 Å². The summed E-state index contributed by atoms with van der Waals surface area (Å²) >= 11 is 0. The first-order valence-corrected chi connectivity index (χ1v) is 5.42. The zero-order chi connectivity index (χ0) is 12.0. The van der Waals surface area contributed by atoms with Crippen LogP contribution in [0.5, 0.6) is 0 Å². The zero-order valence-electron chi connectivity index (χ0n) is 9.92. The van der Waals surface area contributed by atoms with Gasteiger partial charge in [-0.15, -0.1) is 0 Å². The smallest absolute Gasteiger partial charge is 0.275 e. The molecule has 0 spiro atoms. The van der Waals surface area contributed by atoms with Crippen LogP contribution in [0.2, 0.25) is 0 Å². The van der Waals surface area contributed by atoms with E-state index in [1.165, 1.54) is 12.7 Å². The van der Waals surface area contributed by atoms with Crippen molar-refractivity contribution in [2.24, 2.45) is 0 Å². The molecule has 3 N–H and O–H groups in total. The van der Waals surface area contributed by atoms with Gasteiger partial charge in [0.1, 0.15) is 5.52 Å². The summed E-state index contributed by atoms with van der Waals surface area (Å²) < 4.78 is 0. The minimum atomic E-state index is -0.132. The molecule has 0 atom stereocenters. The van der Waals surface area contributed by atoms with Gasteiger partial charge in [0, 0.05) is 18.3 Å². The number of hydrogen-bond donors (Lipinski definition) is 3. The molecule has 5 heteroatoms. The summed E-state index contributed by atoms with van der Waals surface area (Å²) in [6.07, 6.45) is 4.46.